The topological polar surface area (TPSA) is 35.5 Å². The minimum Gasteiger partial charge on any atom is -0.395 e. The lowest BCUT2D eigenvalue weighted by atomic mass is 10.1. The largest absolute Gasteiger partial charge is 0.395 e. The number of aliphatic hydroxyl groups is 1. The molecule has 0 radical (unpaired) electrons. The molecule has 12 heavy (non-hydrogen) atoms. The number of aliphatic hydroxyl groups excluding tert-OH is 1. The van der Waals surface area contributed by atoms with Crippen LogP contribution in [0.5, 0.6) is 0 Å². The smallest absolute Gasteiger partial charge is 0.0597 e. The Kier molecular flexibility index (Phi) is 2.91. The zero-order chi connectivity index (χ0) is 8.39. The van der Waals surface area contributed by atoms with Crippen molar-refractivity contribution in [2.24, 2.45) is 0 Å². The highest BCUT2D eigenvalue weighted by Gasteiger charge is 2.29. The van der Waals surface area contributed by atoms with Crippen molar-refractivity contribution in [1.29, 1.82) is 0 Å². The van der Waals surface area contributed by atoms with E-state index in [0.29, 0.717) is 12.1 Å². The fourth-order valence-corrected chi connectivity index (χ4v) is 3.02. The first-order chi connectivity index (χ1) is 5.90. The standard InChI is InChI=1S/C8H16N2OS/c11-5-7-4-10-1-2-12-6-8(10)3-9-7/h7-9,11H,1-6H2. The van der Waals surface area contributed by atoms with Gasteiger partial charge in [0.1, 0.15) is 0 Å². The Morgan fingerprint density at radius 1 is 1.58 bits per heavy atom. The van der Waals surface area contributed by atoms with E-state index in [1.165, 1.54) is 18.1 Å². The van der Waals surface area contributed by atoms with Crippen LogP contribution in [0.1, 0.15) is 0 Å². The fraction of sp³-hybridized carbons (Fsp3) is 1.00. The minimum atomic E-state index is 0.274. The number of nitrogens with one attached hydrogen (secondary N) is 1. The molecule has 3 nitrogen and oxygen atoms in total. The average molecular weight is 188 g/mol. The van der Waals surface area contributed by atoms with Gasteiger partial charge in [0.25, 0.3) is 0 Å². The molecule has 2 atom stereocenters. The SMILES string of the molecule is OCC1CN2CCSCC2CN1. The first-order valence-electron chi connectivity index (χ1n) is 4.56. The van der Waals surface area contributed by atoms with E-state index in [0.717, 1.165) is 13.1 Å². The van der Waals surface area contributed by atoms with Crippen molar-refractivity contribution < 1.29 is 5.11 Å². The molecule has 4 heteroatoms. The molecular weight excluding hydrogens is 172 g/mol. The van der Waals surface area contributed by atoms with E-state index in [2.05, 4.69) is 10.2 Å². The van der Waals surface area contributed by atoms with Crippen LogP contribution in [0.2, 0.25) is 0 Å². The highest BCUT2D eigenvalue weighted by Crippen LogP contribution is 2.18. The zero-order valence-corrected chi connectivity index (χ0v) is 8.02. The summed E-state index contributed by atoms with van der Waals surface area (Å²) in [5.74, 6) is 2.51. The van der Waals surface area contributed by atoms with Crippen molar-refractivity contribution in [2.75, 3.05) is 37.7 Å². The van der Waals surface area contributed by atoms with Crippen LogP contribution in [0.25, 0.3) is 0 Å². The molecule has 70 valence electrons. The summed E-state index contributed by atoms with van der Waals surface area (Å²) < 4.78 is 0. The first-order valence-corrected chi connectivity index (χ1v) is 5.71. The lowest BCUT2D eigenvalue weighted by Gasteiger charge is -2.42. The molecule has 2 N–H and O–H groups in total. The van der Waals surface area contributed by atoms with Gasteiger partial charge < -0.3 is 10.4 Å². The van der Waals surface area contributed by atoms with Crippen LogP contribution < -0.4 is 5.32 Å². The molecule has 0 spiro atoms. The van der Waals surface area contributed by atoms with Gasteiger partial charge in [0.05, 0.1) is 6.61 Å². The van der Waals surface area contributed by atoms with Crippen LogP contribution in [0.4, 0.5) is 0 Å². The second-order valence-corrected chi connectivity index (χ2v) is 4.66. The monoisotopic (exact) mass is 188 g/mol. The van der Waals surface area contributed by atoms with Crippen LogP contribution >= 0.6 is 11.8 Å². The van der Waals surface area contributed by atoms with Gasteiger partial charge in [-0.25, -0.2) is 0 Å². The third-order valence-electron chi connectivity index (χ3n) is 2.67. The van der Waals surface area contributed by atoms with Crippen molar-refractivity contribution in [3.05, 3.63) is 0 Å². The maximum absolute atomic E-state index is 8.99. The van der Waals surface area contributed by atoms with E-state index >= 15 is 0 Å². The van der Waals surface area contributed by atoms with E-state index in [-0.39, 0.29) is 6.61 Å². The highest BCUT2D eigenvalue weighted by atomic mass is 32.2. The van der Waals surface area contributed by atoms with Crippen LogP contribution in [-0.4, -0.2) is 59.8 Å². The fourth-order valence-electron chi connectivity index (χ4n) is 1.89. The normalized spacial score (nSPS) is 37.8. The van der Waals surface area contributed by atoms with Crippen LogP contribution in [0.3, 0.4) is 0 Å². The predicted molar refractivity (Wildman–Crippen MR) is 51.6 cm³/mol. The third-order valence-corrected chi connectivity index (χ3v) is 3.76. The summed E-state index contributed by atoms with van der Waals surface area (Å²) in [6.45, 7) is 3.56. The molecular formula is C8H16N2OS. The second kappa shape index (κ2) is 3.96. The lowest BCUT2D eigenvalue weighted by molar-refractivity contribution is 0.114. The number of rotatable bonds is 1. The predicted octanol–water partition coefficient (Wildman–Crippen LogP) is -0.632. The Bertz CT molecular complexity index is 156. The molecule has 0 amide bonds. The van der Waals surface area contributed by atoms with Crippen molar-refractivity contribution in [2.45, 2.75) is 12.1 Å². The number of fused-ring (bicyclic) bond motifs is 1. The first kappa shape index (κ1) is 8.81. The molecule has 2 aliphatic rings. The molecule has 2 heterocycles. The van der Waals surface area contributed by atoms with E-state index in [1.54, 1.807) is 0 Å². The quantitative estimate of drug-likeness (QED) is 0.574. The summed E-state index contributed by atoms with van der Waals surface area (Å²) in [4.78, 5) is 2.51. The van der Waals surface area contributed by atoms with Crippen molar-refractivity contribution in [3.8, 4) is 0 Å². The lowest BCUT2D eigenvalue weighted by Crippen LogP contribution is -2.60. The van der Waals surface area contributed by atoms with Crippen LogP contribution in [-0.2, 0) is 0 Å². The summed E-state index contributed by atoms with van der Waals surface area (Å²) >= 11 is 2.05. The molecule has 0 aliphatic carbocycles. The number of hydrogen-bond donors (Lipinski definition) is 2. The van der Waals surface area contributed by atoms with Gasteiger partial charge in [0.2, 0.25) is 0 Å². The Morgan fingerprint density at radius 3 is 3.33 bits per heavy atom. The van der Waals surface area contributed by atoms with Gasteiger partial charge in [-0.3, -0.25) is 4.90 Å². The maximum atomic E-state index is 8.99. The molecule has 2 fully saturated rings. The highest BCUT2D eigenvalue weighted by molar-refractivity contribution is 7.99. The van der Waals surface area contributed by atoms with Gasteiger partial charge in [-0.1, -0.05) is 0 Å². The van der Waals surface area contributed by atoms with Gasteiger partial charge in [-0.2, -0.15) is 11.8 Å². The number of piperazine rings is 1. The van der Waals surface area contributed by atoms with E-state index < -0.39 is 0 Å². The molecule has 0 aromatic heterocycles. The Hall–Kier alpha value is 0.230. The van der Waals surface area contributed by atoms with Crippen molar-refractivity contribution in [3.63, 3.8) is 0 Å². The van der Waals surface area contributed by atoms with Gasteiger partial charge in [0, 0.05) is 43.2 Å². The summed E-state index contributed by atoms with van der Waals surface area (Å²) in [5, 5.41) is 12.3. The number of hydrogen-bond acceptors (Lipinski definition) is 4. The molecule has 0 bridgehead atoms. The number of thioether (sulfide) groups is 1. The van der Waals surface area contributed by atoms with Crippen LogP contribution in [0, 0.1) is 0 Å². The zero-order valence-electron chi connectivity index (χ0n) is 7.20. The van der Waals surface area contributed by atoms with Crippen molar-refractivity contribution >= 4 is 11.8 Å². The summed E-state index contributed by atoms with van der Waals surface area (Å²) in [7, 11) is 0. The second-order valence-electron chi connectivity index (χ2n) is 3.51. The Morgan fingerprint density at radius 2 is 2.50 bits per heavy atom. The minimum absolute atomic E-state index is 0.274. The third kappa shape index (κ3) is 1.76. The maximum Gasteiger partial charge on any atom is 0.0597 e. The molecule has 0 aromatic rings. The molecule has 2 unspecified atom stereocenters. The number of nitrogens with zero attached hydrogens (tertiary/aromatic N) is 1. The van der Waals surface area contributed by atoms with Gasteiger partial charge in [0.15, 0.2) is 0 Å². The molecule has 2 aliphatic heterocycles. The van der Waals surface area contributed by atoms with E-state index in [1.807, 2.05) is 11.8 Å². The summed E-state index contributed by atoms with van der Waals surface area (Å²) in [6, 6.07) is 1.02. The van der Waals surface area contributed by atoms with Crippen molar-refractivity contribution in [1.82, 2.24) is 10.2 Å². The van der Waals surface area contributed by atoms with Crippen LogP contribution in [0.15, 0.2) is 0 Å². The van der Waals surface area contributed by atoms with Gasteiger partial charge in [-0.15, -0.1) is 0 Å². The molecule has 0 saturated carbocycles. The van der Waals surface area contributed by atoms with Gasteiger partial charge in [-0.05, 0) is 0 Å². The van der Waals surface area contributed by atoms with E-state index in [4.69, 9.17) is 5.11 Å². The Labute approximate surface area is 77.5 Å². The van der Waals surface area contributed by atoms with E-state index in [9.17, 15) is 0 Å². The molecule has 0 aromatic carbocycles. The average Bonchev–Trinajstić information content (AvgIpc) is 2.17. The van der Waals surface area contributed by atoms with Gasteiger partial charge >= 0.3 is 0 Å². The Balaban J connectivity index is 1.90. The molecule has 2 saturated heterocycles. The summed E-state index contributed by atoms with van der Waals surface area (Å²) in [6.07, 6.45) is 0. The molecule has 2 rings (SSSR count). The summed E-state index contributed by atoms with van der Waals surface area (Å²) in [5.41, 5.74) is 0.